The molecule has 0 radical (unpaired) electrons. The van der Waals surface area contributed by atoms with Gasteiger partial charge in [0.15, 0.2) is 0 Å². The second-order valence-corrected chi connectivity index (χ2v) is 7.58. The van der Waals surface area contributed by atoms with E-state index < -0.39 is 18.0 Å². The smallest absolute Gasteiger partial charge is 0.329 e. The third kappa shape index (κ3) is 3.49. The first-order valence-corrected chi connectivity index (χ1v) is 9.40. The van der Waals surface area contributed by atoms with Crippen LogP contribution in [0, 0.1) is 0 Å². The van der Waals surface area contributed by atoms with Crippen molar-refractivity contribution < 1.29 is 22.8 Å². The van der Waals surface area contributed by atoms with Crippen molar-refractivity contribution in [3.8, 4) is 0 Å². The van der Waals surface area contributed by atoms with Crippen LogP contribution in [0.3, 0.4) is 0 Å². The zero-order valence-electron chi connectivity index (χ0n) is 14.8. The van der Waals surface area contributed by atoms with Gasteiger partial charge in [-0.25, -0.2) is 0 Å². The first kappa shape index (κ1) is 19.8. The number of hydrogen-bond acceptors (Lipinski definition) is 2. The quantitative estimate of drug-likeness (QED) is 0.529. The molecule has 1 aromatic heterocycles. The molecule has 0 unspecified atom stereocenters. The summed E-state index contributed by atoms with van der Waals surface area (Å²) in [6.07, 6.45) is -4.79. The number of halogens is 5. The minimum Gasteiger partial charge on any atom is -0.329 e. The van der Waals surface area contributed by atoms with Crippen molar-refractivity contribution in [3.63, 3.8) is 0 Å². The van der Waals surface area contributed by atoms with E-state index in [1.165, 1.54) is 10.6 Å². The van der Waals surface area contributed by atoms with Crippen LogP contribution in [-0.2, 0) is 17.8 Å². The highest BCUT2D eigenvalue weighted by atomic mass is 35.5. The SMILES string of the molecule is O=C(c1cccc(Cl)c1)n1c2c(c3cc(Cl)ccc31)CCN(C(=O)C(F)(F)F)C2. The maximum absolute atomic E-state index is 13.2. The van der Waals surface area contributed by atoms with Gasteiger partial charge in [0.2, 0.25) is 0 Å². The summed E-state index contributed by atoms with van der Waals surface area (Å²) in [5, 5.41) is 1.49. The molecule has 1 aliphatic heterocycles. The summed E-state index contributed by atoms with van der Waals surface area (Å²) in [4.78, 5) is 25.7. The third-order valence-electron chi connectivity index (χ3n) is 4.92. The van der Waals surface area contributed by atoms with E-state index in [2.05, 4.69) is 0 Å². The Morgan fingerprint density at radius 3 is 2.41 bits per heavy atom. The van der Waals surface area contributed by atoms with E-state index in [-0.39, 0.29) is 25.1 Å². The van der Waals surface area contributed by atoms with Crippen molar-refractivity contribution in [2.45, 2.75) is 19.1 Å². The molecule has 1 aliphatic rings. The van der Waals surface area contributed by atoms with Gasteiger partial charge < -0.3 is 4.90 Å². The Morgan fingerprint density at radius 2 is 1.72 bits per heavy atom. The van der Waals surface area contributed by atoms with Crippen LogP contribution in [0.1, 0.15) is 21.6 Å². The van der Waals surface area contributed by atoms with Crippen molar-refractivity contribution >= 4 is 45.9 Å². The van der Waals surface area contributed by atoms with Gasteiger partial charge in [0.25, 0.3) is 5.91 Å². The van der Waals surface area contributed by atoms with E-state index in [1.807, 2.05) is 0 Å². The van der Waals surface area contributed by atoms with E-state index in [9.17, 15) is 22.8 Å². The molecule has 0 spiro atoms. The maximum atomic E-state index is 13.2. The van der Waals surface area contributed by atoms with Crippen LogP contribution in [0.2, 0.25) is 10.0 Å². The number of amides is 1. The van der Waals surface area contributed by atoms with Crippen LogP contribution in [0.15, 0.2) is 42.5 Å². The minimum atomic E-state index is -4.98. The number of hydrogen-bond donors (Lipinski definition) is 0. The van der Waals surface area contributed by atoms with Crippen LogP contribution in [0.4, 0.5) is 13.2 Å². The topological polar surface area (TPSA) is 42.3 Å². The predicted molar refractivity (Wildman–Crippen MR) is 103 cm³/mol. The van der Waals surface area contributed by atoms with Gasteiger partial charge in [0.05, 0.1) is 12.1 Å². The van der Waals surface area contributed by atoms with Crippen molar-refractivity contribution in [2.24, 2.45) is 0 Å². The lowest BCUT2D eigenvalue weighted by Gasteiger charge is -2.28. The molecule has 150 valence electrons. The molecule has 0 saturated heterocycles. The highest BCUT2D eigenvalue weighted by molar-refractivity contribution is 6.31. The Balaban J connectivity index is 1.88. The number of carbonyl (C=O) groups is 2. The number of rotatable bonds is 1. The summed E-state index contributed by atoms with van der Waals surface area (Å²) >= 11 is 12.1. The average Bonchev–Trinajstić information content (AvgIpc) is 2.98. The molecule has 2 heterocycles. The number of fused-ring (bicyclic) bond motifs is 3. The van der Waals surface area contributed by atoms with Gasteiger partial charge in [0.1, 0.15) is 0 Å². The summed E-state index contributed by atoms with van der Waals surface area (Å²) in [6, 6.07) is 11.2. The normalized spacial score (nSPS) is 14.2. The molecule has 0 saturated carbocycles. The molecule has 3 aromatic rings. The number of alkyl halides is 3. The van der Waals surface area contributed by atoms with Crippen LogP contribution in [0.5, 0.6) is 0 Å². The minimum absolute atomic E-state index is 0.0949. The summed E-state index contributed by atoms with van der Waals surface area (Å²) in [7, 11) is 0. The molecule has 1 amide bonds. The first-order chi connectivity index (χ1) is 13.7. The average molecular weight is 441 g/mol. The molecular weight excluding hydrogens is 428 g/mol. The number of benzene rings is 2. The van der Waals surface area contributed by atoms with Crippen molar-refractivity contribution in [1.82, 2.24) is 9.47 Å². The Bertz CT molecular complexity index is 1150. The predicted octanol–water partition coefficient (Wildman–Crippen LogP) is 5.08. The van der Waals surface area contributed by atoms with Gasteiger partial charge in [-0.2, -0.15) is 13.2 Å². The zero-order valence-corrected chi connectivity index (χ0v) is 16.3. The van der Waals surface area contributed by atoms with E-state index in [4.69, 9.17) is 23.2 Å². The molecular formula is C20H13Cl2F3N2O2. The zero-order chi connectivity index (χ0) is 20.9. The summed E-state index contributed by atoms with van der Waals surface area (Å²) in [5.41, 5.74) is 1.86. The maximum Gasteiger partial charge on any atom is 0.471 e. The number of carbonyl (C=O) groups excluding carboxylic acids is 2. The molecule has 0 aliphatic carbocycles. The molecule has 0 atom stereocenters. The van der Waals surface area contributed by atoms with E-state index in [0.29, 0.717) is 37.1 Å². The summed E-state index contributed by atoms with van der Waals surface area (Å²) < 4.78 is 40.2. The fourth-order valence-corrected chi connectivity index (χ4v) is 4.03. The van der Waals surface area contributed by atoms with Crippen LogP contribution in [-0.4, -0.2) is 34.0 Å². The molecule has 9 heteroatoms. The summed E-state index contributed by atoms with van der Waals surface area (Å²) in [5.74, 6) is -2.37. The molecule has 29 heavy (non-hydrogen) atoms. The number of aromatic nitrogens is 1. The van der Waals surface area contributed by atoms with Crippen molar-refractivity contribution in [3.05, 3.63) is 69.3 Å². The first-order valence-electron chi connectivity index (χ1n) is 8.65. The lowest BCUT2D eigenvalue weighted by molar-refractivity contribution is -0.186. The fourth-order valence-electron chi connectivity index (χ4n) is 3.67. The molecule has 0 N–H and O–H groups in total. The molecule has 4 nitrogen and oxygen atoms in total. The van der Waals surface area contributed by atoms with E-state index in [1.54, 1.807) is 36.4 Å². The van der Waals surface area contributed by atoms with E-state index >= 15 is 0 Å². The van der Waals surface area contributed by atoms with Gasteiger partial charge in [-0.1, -0.05) is 29.3 Å². The second-order valence-electron chi connectivity index (χ2n) is 6.71. The highest BCUT2D eigenvalue weighted by Gasteiger charge is 2.44. The van der Waals surface area contributed by atoms with Crippen molar-refractivity contribution in [1.29, 1.82) is 0 Å². The van der Waals surface area contributed by atoms with Gasteiger partial charge in [0, 0.05) is 33.2 Å². The van der Waals surface area contributed by atoms with Gasteiger partial charge in [-0.15, -0.1) is 0 Å². The number of nitrogens with zero attached hydrogens (tertiary/aromatic N) is 2. The van der Waals surface area contributed by atoms with Gasteiger partial charge in [-0.05, 0) is 48.4 Å². The summed E-state index contributed by atoms with van der Waals surface area (Å²) in [6.45, 7) is -0.422. The van der Waals surface area contributed by atoms with Gasteiger partial charge in [-0.3, -0.25) is 14.2 Å². The standard InChI is InChI=1S/C20H13Cl2F3N2O2/c21-12-3-1-2-11(8-12)18(28)27-16-5-4-13(22)9-15(16)14-6-7-26(10-17(14)27)19(29)20(23,24)25/h1-5,8-9H,6-7,10H2. The van der Waals surface area contributed by atoms with Crippen LogP contribution >= 0.6 is 23.2 Å². The monoisotopic (exact) mass is 440 g/mol. The third-order valence-corrected chi connectivity index (χ3v) is 5.39. The second kappa shape index (κ2) is 7.07. The molecule has 2 aromatic carbocycles. The molecule has 0 fully saturated rings. The Hall–Kier alpha value is -2.51. The highest BCUT2D eigenvalue weighted by Crippen LogP contribution is 2.34. The van der Waals surface area contributed by atoms with Crippen LogP contribution in [0.25, 0.3) is 10.9 Å². The lowest BCUT2D eigenvalue weighted by Crippen LogP contribution is -2.44. The Kier molecular flexibility index (Phi) is 4.83. The molecule has 0 bridgehead atoms. The fraction of sp³-hybridized carbons (Fsp3) is 0.200. The van der Waals surface area contributed by atoms with Crippen molar-refractivity contribution in [2.75, 3.05) is 6.54 Å². The Labute approximate surface area is 173 Å². The largest absolute Gasteiger partial charge is 0.471 e. The Morgan fingerprint density at radius 1 is 1.00 bits per heavy atom. The molecule has 4 rings (SSSR count). The van der Waals surface area contributed by atoms with Crippen LogP contribution < -0.4 is 0 Å². The van der Waals surface area contributed by atoms with Gasteiger partial charge >= 0.3 is 12.1 Å². The lowest BCUT2D eigenvalue weighted by atomic mass is 10.0. The van der Waals surface area contributed by atoms with E-state index in [0.717, 1.165) is 0 Å².